The number of rotatable bonds is 5. The van der Waals surface area contributed by atoms with Crippen LogP contribution >= 0.6 is 11.3 Å². The Kier molecular flexibility index (Phi) is 4.52. The molecule has 19 heavy (non-hydrogen) atoms. The minimum absolute atomic E-state index is 0.128. The third-order valence-electron chi connectivity index (χ3n) is 2.57. The molecule has 0 aliphatic carbocycles. The van der Waals surface area contributed by atoms with E-state index in [0.29, 0.717) is 10.7 Å². The number of amides is 1. The average Bonchev–Trinajstić information content (AvgIpc) is 2.82. The molecule has 1 heterocycles. The Hall–Kier alpha value is -1.88. The van der Waals surface area contributed by atoms with E-state index in [2.05, 4.69) is 22.5 Å². The smallest absolute Gasteiger partial charge is 0.257 e. The number of carbonyl (C=O) groups excluding carboxylic acids is 1. The van der Waals surface area contributed by atoms with Crippen molar-refractivity contribution in [3.63, 3.8) is 0 Å². The third-order valence-corrected chi connectivity index (χ3v) is 3.44. The van der Waals surface area contributed by atoms with Crippen LogP contribution in [0.15, 0.2) is 29.6 Å². The van der Waals surface area contributed by atoms with Crippen LogP contribution in [0.4, 0.5) is 10.8 Å². The van der Waals surface area contributed by atoms with Crippen molar-refractivity contribution in [2.75, 3.05) is 17.2 Å². The Bertz CT molecular complexity index is 548. The summed E-state index contributed by atoms with van der Waals surface area (Å²) < 4.78 is 0. The topological polar surface area (TPSA) is 54.0 Å². The van der Waals surface area contributed by atoms with E-state index in [1.165, 1.54) is 11.3 Å². The molecule has 0 radical (unpaired) electrons. The number of nitrogens with zero attached hydrogens (tertiary/aromatic N) is 1. The first kappa shape index (κ1) is 13.5. The molecular formula is C14H17N3OS. The Balaban J connectivity index is 1.99. The lowest BCUT2D eigenvalue weighted by molar-refractivity contribution is 0.102. The van der Waals surface area contributed by atoms with Crippen molar-refractivity contribution in [1.29, 1.82) is 0 Å². The molecule has 1 aromatic carbocycles. The molecule has 0 saturated carbocycles. The highest BCUT2D eigenvalue weighted by molar-refractivity contribution is 7.13. The summed E-state index contributed by atoms with van der Waals surface area (Å²) in [6.07, 6.45) is 1.08. The molecule has 4 nitrogen and oxygen atoms in total. The first-order valence-corrected chi connectivity index (χ1v) is 7.14. The molecule has 0 bridgehead atoms. The van der Waals surface area contributed by atoms with Gasteiger partial charge in [0.2, 0.25) is 0 Å². The fourth-order valence-corrected chi connectivity index (χ4v) is 2.27. The number of thiazole rings is 1. The van der Waals surface area contributed by atoms with E-state index < -0.39 is 0 Å². The summed E-state index contributed by atoms with van der Waals surface area (Å²) in [7, 11) is 0. The summed E-state index contributed by atoms with van der Waals surface area (Å²) in [5.74, 6) is -0.128. The Morgan fingerprint density at radius 1 is 1.32 bits per heavy atom. The molecule has 0 aliphatic rings. The van der Waals surface area contributed by atoms with Gasteiger partial charge in [-0.2, -0.15) is 0 Å². The highest BCUT2D eigenvalue weighted by Crippen LogP contribution is 2.16. The van der Waals surface area contributed by atoms with Gasteiger partial charge in [-0.15, -0.1) is 11.3 Å². The van der Waals surface area contributed by atoms with Gasteiger partial charge in [-0.3, -0.25) is 10.1 Å². The minimum Gasteiger partial charge on any atom is -0.385 e. The van der Waals surface area contributed by atoms with E-state index in [1.807, 2.05) is 36.6 Å². The second-order valence-corrected chi connectivity index (χ2v) is 5.11. The van der Waals surface area contributed by atoms with Gasteiger partial charge in [0, 0.05) is 23.2 Å². The summed E-state index contributed by atoms with van der Waals surface area (Å²) >= 11 is 1.43. The largest absolute Gasteiger partial charge is 0.385 e. The zero-order valence-corrected chi connectivity index (χ0v) is 11.9. The van der Waals surface area contributed by atoms with Crippen molar-refractivity contribution in [3.05, 3.63) is 40.9 Å². The van der Waals surface area contributed by atoms with E-state index in [-0.39, 0.29) is 5.91 Å². The minimum atomic E-state index is -0.128. The van der Waals surface area contributed by atoms with E-state index in [0.717, 1.165) is 24.3 Å². The van der Waals surface area contributed by atoms with Crippen LogP contribution in [0, 0.1) is 6.92 Å². The lowest BCUT2D eigenvalue weighted by atomic mass is 10.2. The highest BCUT2D eigenvalue weighted by atomic mass is 32.1. The normalized spacial score (nSPS) is 10.2. The van der Waals surface area contributed by atoms with E-state index in [4.69, 9.17) is 0 Å². The van der Waals surface area contributed by atoms with E-state index >= 15 is 0 Å². The Labute approximate surface area is 116 Å². The number of carbonyl (C=O) groups is 1. The van der Waals surface area contributed by atoms with Crippen LogP contribution in [-0.2, 0) is 0 Å². The maximum atomic E-state index is 12.0. The SMILES string of the molecule is CCCNc1ccc(C(=O)Nc2nc(C)cs2)cc1. The quantitative estimate of drug-likeness (QED) is 0.877. The molecule has 5 heteroatoms. The van der Waals surface area contributed by atoms with Crippen molar-refractivity contribution in [2.45, 2.75) is 20.3 Å². The molecule has 0 saturated heterocycles. The van der Waals surface area contributed by atoms with Crippen LogP contribution in [0.5, 0.6) is 0 Å². The van der Waals surface area contributed by atoms with Crippen LogP contribution in [-0.4, -0.2) is 17.4 Å². The van der Waals surface area contributed by atoms with Gasteiger partial charge in [-0.25, -0.2) is 4.98 Å². The number of hydrogen-bond acceptors (Lipinski definition) is 4. The van der Waals surface area contributed by atoms with Gasteiger partial charge in [-0.1, -0.05) is 6.92 Å². The van der Waals surface area contributed by atoms with Crippen LogP contribution in [0.25, 0.3) is 0 Å². The van der Waals surface area contributed by atoms with Crippen molar-refractivity contribution in [1.82, 2.24) is 4.98 Å². The van der Waals surface area contributed by atoms with Gasteiger partial charge >= 0.3 is 0 Å². The maximum Gasteiger partial charge on any atom is 0.257 e. The summed E-state index contributed by atoms with van der Waals surface area (Å²) in [5, 5.41) is 8.61. The third kappa shape index (κ3) is 3.79. The number of anilines is 2. The molecule has 0 spiro atoms. The standard InChI is InChI=1S/C14H17N3OS/c1-3-8-15-12-6-4-11(5-7-12)13(18)17-14-16-10(2)9-19-14/h4-7,9,15H,3,8H2,1-2H3,(H,16,17,18). The lowest BCUT2D eigenvalue weighted by Gasteiger charge is -2.06. The Morgan fingerprint density at radius 2 is 2.05 bits per heavy atom. The van der Waals surface area contributed by atoms with Gasteiger partial charge in [0.05, 0.1) is 5.69 Å². The molecule has 0 unspecified atom stereocenters. The molecule has 0 atom stereocenters. The zero-order chi connectivity index (χ0) is 13.7. The van der Waals surface area contributed by atoms with Crippen LogP contribution < -0.4 is 10.6 Å². The monoisotopic (exact) mass is 275 g/mol. The number of hydrogen-bond donors (Lipinski definition) is 2. The van der Waals surface area contributed by atoms with Gasteiger partial charge in [0.25, 0.3) is 5.91 Å². The predicted octanol–water partition coefficient (Wildman–Crippen LogP) is 3.53. The molecule has 100 valence electrons. The number of aryl methyl sites for hydroxylation is 1. The number of aromatic nitrogens is 1. The second-order valence-electron chi connectivity index (χ2n) is 4.25. The van der Waals surface area contributed by atoms with E-state index in [1.54, 1.807) is 0 Å². The van der Waals surface area contributed by atoms with Gasteiger partial charge in [0.15, 0.2) is 5.13 Å². The first-order valence-electron chi connectivity index (χ1n) is 6.26. The molecule has 2 N–H and O–H groups in total. The summed E-state index contributed by atoms with van der Waals surface area (Å²) in [5.41, 5.74) is 2.58. The van der Waals surface area contributed by atoms with Crippen molar-refractivity contribution < 1.29 is 4.79 Å². The molecule has 1 aromatic heterocycles. The highest BCUT2D eigenvalue weighted by Gasteiger charge is 2.07. The Morgan fingerprint density at radius 3 is 2.63 bits per heavy atom. The van der Waals surface area contributed by atoms with Crippen LogP contribution in [0.2, 0.25) is 0 Å². The number of benzene rings is 1. The molecule has 0 fully saturated rings. The van der Waals surface area contributed by atoms with Crippen molar-refractivity contribution >= 4 is 28.1 Å². The molecule has 2 rings (SSSR count). The maximum absolute atomic E-state index is 12.0. The second kappa shape index (κ2) is 6.33. The zero-order valence-electron chi connectivity index (χ0n) is 11.1. The molecule has 0 aliphatic heterocycles. The summed E-state index contributed by atoms with van der Waals surface area (Å²) in [4.78, 5) is 16.2. The van der Waals surface area contributed by atoms with Crippen molar-refractivity contribution in [2.24, 2.45) is 0 Å². The summed E-state index contributed by atoms with van der Waals surface area (Å²) in [6.45, 7) is 4.95. The van der Waals surface area contributed by atoms with E-state index in [9.17, 15) is 4.79 Å². The van der Waals surface area contributed by atoms with Gasteiger partial charge in [-0.05, 0) is 37.6 Å². The van der Waals surface area contributed by atoms with Gasteiger partial charge < -0.3 is 5.32 Å². The van der Waals surface area contributed by atoms with Crippen molar-refractivity contribution in [3.8, 4) is 0 Å². The lowest BCUT2D eigenvalue weighted by Crippen LogP contribution is -2.11. The first-order chi connectivity index (χ1) is 9.19. The predicted molar refractivity (Wildman–Crippen MR) is 80.0 cm³/mol. The van der Waals surface area contributed by atoms with Crippen LogP contribution in [0.3, 0.4) is 0 Å². The fraction of sp³-hybridized carbons (Fsp3) is 0.286. The number of nitrogens with one attached hydrogen (secondary N) is 2. The van der Waals surface area contributed by atoms with Crippen LogP contribution in [0.1, 0.15) is 29.4 Å². The molecule has 2 aromatic rings. The van der Waals surface area contributed by atoms with Gasteiger partial charge in [0.1, 0.15) is 0 Å². The molecule has 1 amide bonds. The summed E-state index contributed by atoms with van der Waals surface area (Å²) in [6, 6.07) is 7.46. The molecular weight excluding hydrogens is 258 g/mol. The average molecular weight is 275 g/mol. The fourth-order valence-electron chi connectivity index (χ4n) is 1.59.